The molecule has 0 atom stereocenters. The van der Waals surface area contributed by atoms with Gasteiger partial charge in [0.1, 0.15) is 11.5 Å². The summed E-state index contributed by atoms with van der Waals surface area (Å²) in [6.07, 6.45) is -0.873. The number of aromatic amines is 1. The molecule has 32 heavy (non-hydrogen) atoms. The second-order valence-electron chi connectivity index (χ2n) is 7.31. The van der Waals surface area contributed by atoms with Crippen molar-refractivity contribution in [3.63, 3.8) is 0 Å². The molecule has 3 aromatic carbocycles. The van der Waals surface area contributed by atoms with Gasteiger partial charge in [0.25, 0.3) is 0 Å². The number of hydrogen-bond donors (Lipinski definition) is 4. The highest BCUT2D eigenvalue weighted by molar-refractivity contribution is 6.24. The number of phenolic OH excluding ortho intramolecular Hbond substituents is 2. The van der Waals surface area contributed by atoms with E-state index in [4.69, 9.17) is 0 Å². The van der Waals surface area contributed by atoms with Crippen molar-refractivity contribution in [2.24, 2.45) is 0 Å². The number of alkyl halides is 3. The lowest BCUT2D eigenvalue weighted by atomic mass is 9.89. The molecule has 0 aliphatic carbocycles. The summed E-state index contributed by atoms with van der Waals surface area (Å²) in [6, 6.07) is 14.9. The monoisotopic (exact) mass is 456 g/mol. The highest BCUT2D eigenvalue weighted by atomic mass is 35.5. The van der Waals surface area contributed by atoms with Gasteiger partial charge in [-0.1, -0.05) is 12.1 Å². The zero-order valence-electron chi connectivity index (χ0n) is 16.3. The fourth-order valence-electron chi connectivity index (χ4n) is 3.92. The van der Waals surface area contributed by atoms with E-state index >= 15 is 0 Å². The summed E-state index contributed by atoms with van der Waals surface area (Å²) in [5.41, 5.74) is 4.41. The molecule has 1 aromatic heterocycles. The maximum Gasteiger partial charge on any atom is 0.416 e. The normalized spacial score (nSPS) is 14.3. The van der Waals surface area contributed by atoms with Crippen molar-refractivity contribution in [2.45, 2.75) is 6.18 Å². The van der Waals surface area contributed by atoms with Gasteiger partial charge in [0.15, 0.2) is 6.21 Å². The van der Waals surface area contributed by atoms with E-state index in [1.54, 1.807) is 48.8 Å². The molecule has 1 aliphatic heterocycles. The highest BCUT2D eigenvalue weighted by Crippen LogP contribution is 2.39. The van der Waals surface area contributed by atoms with E-state index in [1.165, 1.54) is 12.1 Å². The first-order valence-electron chi connectivity index (χ1n) is 9.47. The fourth-order valence-corrected chi connectivity index (χ4v) is 3.92. The molecule has 4 N–H and O–H groups in total. The molecule has 162 valence electrons. The smallest absolute Gasteiger partial charge is 0.416 e. The van der Waals surface area contributed by atoms with E-state index in [2.05, 4.69) is 9.98 Å². The number of allylic oxidation sites excluding steroid dienone is 1. The molecule has 1 aliphatic rings. The van der Waals surface area contributed by atoms with Crippen LogP contribution < -0.4 is 17.4 Å². The van der Waals surface area contributed by atoms with Gasteiger partial charge < -0.3 is 27.6 Å². The maximum atomic E-state index is 13.1. The van der Waals surface area contributed by atoms with E-state index in [-0.39, 0.29) is 23.9 Å². The number of H-pyrrole nitrogens is 1. The van der Waals surface area contributed by atoms with Gasteiger partial charge in [0, 0.05) is 34.3 Å². The average Bonchev–Trinajstić information content (AvgIpc) is 3.32. The van der Waals surface area contributed by atoms with Crippen LogP contribution >= 0.6 is 0 Å². The topological polar surface area (TPSA) is 70.2 Å². The minimum atomic E-state index is -4.42. The molecular weight excluding hydrogens is 441 g/mol. The Bertz CT molecular complexity index is 1390. The van der Waals surface area contributed by atoms with Gasteiger partial charge in [0.05, 0.1) is 22.8 Å². The van der Waals surface area contributed by atoms with Crippen molar-refractivity contribution in [1.29, 1.82) is 0 Å². The molecule has 8 heteroatoms. The molecule has 2 heterocycles. The Labute approximate surface area is 186 Å². The Balaban J connectivity index is 0.00000245. The van der Waals surface area contributed by atoms with E-state index in [9.17, 15) is 23.4 Å². The first kappa shape index (κ1) is 21.5. The second-order valence-corrected chi connectivity index (χ2v) is 7.31. The number of nitrogens with one attached hydrogen (secondary N) is 2. The van der Waals surface area contributed by atoms with Crippen LogP contribution in [0.15, 0.2) is 66.9 Å². The van der Waals surface area contributed by atoms with Gasteiger partial charge in [-0.25, -0.2) is 4.99 Å². The molecule has 0 unspecified atom stereocenters. The number of rotatable bonds is 2. The summed E-state index contributed by atoms with van der Waals surface area (Å²) in [5, 5.41) is 20.4. The van der Waals surface area contributed by atoms with Crippen LogP contribution in [0.5, 0.6) is 11.5 Å². The van der Waals surface area contributed by atoms with E-state index in [0.29, 0.717) is 16.8 Å². The van der Waals surface area contributed by atoms with Crippen molar-refractivity contribution >= 4 is 34.0 Å². The summed E-state index contributed by atoms with van der Waals surface area (Å²) in [6.45, 7) is 0. The largest absolute Gasteiger partial charge is 1.00 e. The third-order valence-electron chi connectivity index (χ3n) is 5.37. The predicted octanol–water partition coefficient (Wildman–Crippen LogP) is 1.36. The molecule has 0 amide bonds. The Morgan fingerprint density at radius 3 is 2.28 bits per heavy atom. The maximum absolute atomic E-state index is 13.1. The number of aromatic nitrogens is 1. The quantitative estimate of drug-likeness (QED) is 0.368. The minimum absolute atomic E-state index is 0. The number of benzene rings is 3. The summed E-state index contributed by atoms with van der Waals surface area (Å²) >= 11 is 0. The predicted molar refractivity (Wildman–Crippen MR) is 112 cm³/mol. The van der Waals surface area contributed by atoms with Crippen molar-refractivity contribution in [2.75, 3.05) is 0 Å². The molecule has 0 fully saturated rings. The highest BCUT2D eigenvalue weighted by Gasteiger charge is 2.31. The molecule has 0 radical (unpaired) electrons. The van der Waals surface area contributed by atoms with Crippen LogP contribution in [0.2, 0.25) is 0 Å². The van der Waals surface area contributed by atoms with Crippen LogP contribution in [-0.4, -0.2) is 21.4 Å². The minimum Gasteiger partial charge on any atom is -1.00 e. The molecule has 0 spiro atoms. The fraction of sp³-hybridized carbons (Fsp3) is 0.0417. The van der Waals surface area contributed by atoms with Crippen LogP contribution in [-0.2, 0) is 6.18 Å². The van der Waals surface area contributed by atoms with Gasteiger partial charge in [-0.15, -0.1) is 0 Å². The van der Waals surface area contributed by atoms with Crippen molar-refractivity contribution in [1.82, 2.24) is 4.98 Å². The summed E-state index contributed by atoms with van der Waals surface area (Å²) in [4.78, 5) is 6.25. The number of aromatic hydroxyl groups is 2. The summed E-state index contributed by atoms with van der Waals surface area (Å²) in [5.74, 6) is 0.221. The molecular formula is C24H16ClF3N2O2. The Morgan fingerprint density at radius 1 is 0.875 bits per heavy atom. The van der Waals surface area contributed by atoms with Crippen LogP contribution in [0, 0.1) is 0 Å². The van der Waals surface area contributed by atoms with Gasteiger partial charge in [-0.05, 0) is 42.0 Å². The van der Waals surface area contributed by atoms with Crippen LogP contribution in [0.25, 0.3) is 22.0 Å². The molecule has 4 aromatic rings. The lowest BCUT2D eigenvalue weighted by Crippen LogP contribution is -3.00. The number of hydrogen-bond acceptors (Lipinski definition) is 2. The first-order valence-corrected chi connectivity index (χ1v) is 9.47. The van der Waals surface area contributed by atoms with Crippen LogP contribution in [0.3, 0.4) is 0 Å². The third-order valence-corrected chi connectivity index (χ3v) is 5.37. The zero-order chi connectivity index (χ0) is 21.8. The lowest BCUT2D eigenvalue weighted by Gasteiger charge is -2.12. The van der Waals surface area contributed by atoms with Crippen molar-refractivity contribution in [3.8, 4) is 11.5 Å². The zero-order valence-corrected chi connectivity index (χ0v) is 17.1. The lowest BCUT2D eigenvalue weighted by molar-refractivity contribution is -0.342. The molecule has 0 bridgehead atoms. The number of phenols is 2. The summed E-state index contributed by atoms with van der Waals surface area (Å²) < 4.78 is 39.3. The van der Waals surface area contributed by atoms with E-state index in [0.717, 1.165) is 39.8 Å². The Hall–Kier alpha value is -3.71. The van der Waals surface area contributed by atoms with Crippen LogP contribution in [0.4, 0.5) is 18.9 Å². The average molecular weight is 457 g/mol. The second kappa shape index (κ2) is 7.76. The SMILES string of the molecule is Oc1ccc2c(c1)[NH+]=CC2=C(c1ccc(C(F)(F)F)cc1)c1c[nH]c2cc(O)ccc12.[Cl-]. The first-order chi connectivity index (χ1) is 14.8. The van der Waals surface area contributed by atoms with Gasteiger partial charge in [-0.2, -0.15) is 13.2 Å². The van der Waals surface area contributed by atoms with Gasteiger partial charge in [-0.3, -0.25) is 0 Å². The Morgan fingerprint density at radius 2 is 1.56 bits per heavy atom. The van der Waals surface area contributed by atoms with Gasteiger partial charge >= 0.3 is 6.18 Å². The van der Waals surface area contributed by atoms with Gasteiger partial charge in [0.2, 0.25) is 5.69 Å². The molecule has 5 rings (SSSR count). The molecule has 0 saturated heterocycles. The number of fused-ring (bicyclic) bond motifs is 2. The van der Waals surface area contributed by atoms with Crippen LogP contribution in [0.1, 0.15) is 22.3 Å². The molecule has 0 saturated carbocycles. The standard InChI is InChI=1S/C24H15F3N2O2.ClH/c25-24(26,27)14-3-1-13(2-4-14)23(19-11-28-21-9-15(30)5-7-17(19)21)20-12-29-22-10-16(31)6-8-18(20)22;/h1-12,28,30-31H;1H. The van der Waals surface area contributed by atoms with E-state index in [1.807, 2.05) is 0 Å². The Kier molecular flexibility index (Phi) is 5.22. The van der Waals surface area contributed by atoms with Crippen molar-refractivity contribution in [3.05, 3.63) is 89.1 Å². The van der Waals surface area contributed by atoms with E-state index < -0.39 is 11.7 Å². The molecule has 4 nitrogen and oxygen atoms in total. The third kappa shape index (κ3) is 3.61. The van der Waals surface area contributed by atoms with Crippen molar-refractivity contribution < 1.29 is 40.8 Å². The number of halogens is 4. The summed E-state index contributed by atoms with van der Waals surface area (Å²) in [7, 11) is 0.